The molecule has 0 saturated heterocycles. The van der Waals surface area contributed by atoms with E-state index in [9.17, 15) is 9.18 Å². The molecule has 3 rings (SSSR count). The van der Waals surface area contributed by atoms with Gasteiger partial charge in [0.15, 0.2) is 17.4 Å². The van der Waals surface area contributed by atoms with Crippen LogP contribution in [-0.4, -0.2) is 32.1 Å². The molecule has 0 radical (unpaired) electrons. The van der Waals surface area contributed by atoms with E-state index in [-0.39, 0.29) is 29.6 Å². The number of aromatic nitrogens is 3. The molecule has 158 valence electrons. The molecule has 0 bridgehead atoms. The lowest BCUT2D eigenvalue weighted by Crippen LogP contribution is -2.46. The van der Waals surface area contributed by atoms with Crippen molar-refractivity contribution in [3.8, 4) is 5.75 Å². The Kier molecular flexibility index (Phi) is 7.00. The second kappa shape index (κ2) is 9.47. The summed E-state index contributed by atoms with van der Waals surface area (Å²) in [4.78, 5) is 12.6. The third-order valence-electron chi connectivity index (χ3n) is 5.61. The zero-order valence-electron chi connectivity index (χ0n) is 17.0. The number of nitrogens with one attached hydrogen (secondary N) is 1. The van der Waals surface area contributed by atoms with Gasteiger partial charge in [0.1, 0.15) is 6.61 Å². The van der Waals surface area contributed by atoms with Gasteiger partial charge in [0.25, 0.3) is 0 Å². The van der Waals surface area contributed by atoms with Crippen LogP contribution in [0.15, 0.2) is 29.4 Å². The first kappa shape index (κ1) is 21.4. The fraction of sp³-hybridized carbons (Fsp3) is 0.550. The van der Waals surface area contributed by atoms with Crippen LogP contribution in [0.4, 0.5) is 4.39 Å². The van der Waals surface area contributed by atoms with Crippen LogP contribution in [0.2, 0.25) is 0 Å². The van der Waals surface area contributed by atoms with Gasteiger partial charge < -0.3 is 15.9 Å². The summed E-state index contributed by atoms with van der Waals surface area (Å²) >= 11 is 1.24. The first-order valence-corrected chi connectivity index (χ1v) is 10.8. The lowest BCUT2D eigenvalue weighted by Gasteiger charge is -2.35. The summed E-state index contributed by atoms with van der Waals surface area (Å²) in [5, 5.41) is 11.3. The molecule has 1 heterocycles. The van der Waals surface area contributed by atoms with E-state index in [1.807, 2.05) is 6.92 Å². The van der Waals surface area contributed by atoms with Crippen LogP contribution >= 0.6 is 11.8 Å². The molecule has 1 fully saturated rings. The fourth-order valence-corrected chi connectivity index (χ4v) is 4.29. The van der Waals surface area contributed by atoms with Gasteiger partial charge in [-0.3, -0.25) is 4.79 Å². The van der Waals surface area contributed by atoms with E-state index in [1.54, 1.807) is 12.1 Å². The number of benzene rings is 1. The molecule has 29 heavy (non-hydrogen) atoms. The highest BCUT2D eigenvalue weighted by Gasteiger charge is 2.30. The Hall–Kier alpha value is -2.29. The number of nitrogens with zero attached hydrogens (tertiary/aromatic N) is 3. The average molecular weight is 422 g/mol. The van der Waals surface area contributed by atoms with Crippen molar-refractivity contribution in [3.63, 3.8) is 0 Å². The molecular weight excluding hydrogens is 393 g/mol. The van der Waals surface area contributed by atoms with Gasteiger partial charge in [0.05, 0.1) is 5.25 Å². The van der Waals surface area contributed by atoms with Gasteiger partial charge in [0, 0.05) is 6.04 Å². The molecule has 0 unspecified atom stereocenters. The van der Waals surface area contributed by atoms with Gasteiger partial charge in [-0.25, -0.2) is 9.07 Å². The monoisotopic (exact) mass is 421 g/mol. The third kappa shape index (κ3) is 5.20. The van der Waals surface area contributed by atoms with Gasteiger partial charge in [-0.1, -0.05) is 50.6 Å². The van der Waals surface area contributed by atoms with E-state index in [2.05, 4.69) is 29.4 Å². The number of thioether (sulfide) groups is 1. The Morgan fingerprint density at radius 3 is 2.90 bits per heavy atom. The Morgan fingerprint density at radius 1 is 1.38 bits per heavy atom. The quantitative estimate of drug-likeness (QED) is 0.527. The maximum Gasteiger partial charge on any atom is 0.233 e. The molecule has 0 spiro atoms. The average Bonchev–Trinajstić information content (AvgIpc) is 3.04. The van der Waals surface area contributed by atoms with Crippen molar-refractivity contribution in [1.29, 1.82) is 0 Å². The molecule has 4 atom stereocenters. The summed E-state index contributed by atoms with van der Waals surface area (Å²) in [5.74, 6) is 7.09. The lowest BCUT2D eigenvalue weighted by atomic mass is 9.78. The largest absolute Gasteiger partial charge is 0.482 e. The second-order valence-electron chi connectivity index (χ2n) is 7.63. The van der Waals surface area contributed by atoms with Gasteiger partial charge in [-0.15, -0.1) is 10.2 Å². The minimum atomic E-state index is -0.457. The molecule has 2 aromatic rings. The Labute approximate surface area is 174 Å². The number of nitrogens with two attached hydrogens (primary N) is 1. The van der Waals surface area contributed by atoms with E-state index >= 15 is 0 Å². The van der Waals surface area contributed by atoms with Gasteiger partial charge in [-0.2, -0.15) is 0 Å². The number of hydrogen-bond donors (Lipinski definition) is 2. The smallest absolute Gasteiger partial charge is 0.233 e. The summed E-state index contributed by atoms with van der Waals surface area (Å²) in [6.07, 6.45) is 3.37. The number of nitrogen functional groups attached to an aromatic ring is 1. The van der Waals surface area contributed by atoms with Crippen molar-refractivity contribution in [2.45, 2.75) is 63.1 Å². The Balaban J connectivity index is 1.56. The molecule has 0 aliphatic heterocycles. The van der Waals surface area contributed by atoms with Crippen LogP contribution in [0, 0.1) is 17.7 Å². The van der Waals surface area contributed by atoms with E-state index < -0.39 is 5.82 Å². The molecule has 1 amide bonds. The zero-order chi connectivity index (χ0) is 21.0. The van der Waals surface area contributed by atoms with E-state index in [0.29, 0.717) is 22.8 Å². The number of para-hydroxylation sites is 1. The standard InChI is InChI=1S/C20H28FN5O2S/c1-12-7-6-9-16(13(12)2)23-19(27)14(3)29-20-25-24-18(26(20)22)11-28-17-10-5-4-8-15(17)21/h4-5,8,10,12-14,16H,6-7,9,11,22H2,1-3H3,(H,23,27)/t12-,13-,14+,16-/m1/s1. The molecule has 1 aliphatic rings. The number of carbonyl (C=O) groups is 1. The summed E-state index contributed by atoms with van der Waals surface area (Å²) in [7, 11) is 0. The fourth-order valence-electron chi connectivity index (χ4n) is 3.49. The van der Waals surface area contributed by atoms with Crippen molar-refractivity contribution in [2.24, 2.45) is 11.8 Å². The van der Waals surface area contributed by atoms with Gasteiger partial charge in [-0.05, 0) is 37.3 Å². The number of hydrogen-bond acceptors (Lipinski definition) is 6. The molecular formula is C20H28FN5O2S. The third-order valence-corrected chi connectivity index (χ3v) is 6.67. The minimum Gasteiger partial charge on any atom is -0.482 e. The van der Waals surface area contributed by atoms with Gasteiger partial charge in [0.2, 0.25) is 11.1 Å². The SMILES string of the molecule is C[C@@H]1[C@H](C)CCC[C@H]1NC(=O)[C@H](C)Sc1nnc(COc2ccccc2F)n1N. The van der Waals surface area contributed by atoms with Crippen LogP contribution in [0.25, 0.3) is 0 Å². The molecule has 7 nitrogen and oxygen atoms in total. The number of rotatable bonds is 7. The topological polar surface area (TPSA) is 95.1 Å². The predicted octanol–water partition coefficient (Wildman–Crippen LogP) is 3.13. The molecule has 3 N–H and O–H groups in total. The van der Waals surface area contributed by atoms with Crippen molar-refractivity contribution in [2.75, 3.05) is 5.84 Å². The Morgan fingerprint density at radius 2 is 2.14 bits per heavy atom. The normalized spacial score (nSPS) is 22.8. The highest BCUT2D eigenvalue weighted by atomic mass is 32.2. The number of ether oxygens (including phenoxy) is 1. The van der Waals surface area contributed by atoms with Crippen LogP contribution in [0.3, 0.4) is 0 Å². The van der Waals surface area contributed by atoms with Gasteiger partial charge >= 0.3 is 0 Å². The number of amides is 1. The first-order valence-electron chi connectivity index (χ1n) is 9.90. The van der Waals surface area contributed by atoms with Crippen LogP contribution in [0.5, 0.6) is 5.75 Å². The molecule has 9 heteroatoms. The van der Waals surface area contributed by atoms with Crippen LogP contribution in [-0.2, 0) is 11.4 Å². The van der Waals surface area contributed by atoms with Crippen molar-refractivity contribution < 1.29 is 13.9 Å². The maximum absolute atomic E-state index is 13.7. The Bertz CT molecular complexity index is 846. The van der Waals surface area contributed by atoms with Crippen molar-refractivity contribution in [1.82, 2.24) is 20.2 Å². The second-order valence-corrected chi connectivity index (χ2v) is 8.94. The predicted molar refractivity (Wildman–Crippen MR) is 110 cm³/mol. The summed E-state index contributed by atoms with van der Waals surface area (Å²) in [5.41, 5.74) is 0. The zero-order valence-corrected chi connectivity index (χ0v) is 17.8. The van der Waals surface area contributed by atoms with E-state index in [4.69, 9.17) is 10.6 Å². The molecule has 1 aliphatic carbocycles. The highest BCUT2D eigenvalue weighted by molar-refractivity contribution is 8.00. The lowest BCUT2D eigenvalue weighted by molar-refractivity contribution is -0.121. The van der Waals surface area contributed by atoms with Crippen LogP contribution < -0.4 is 15.9 Å². The first-order chi connectivity index (χ1) is 13.9. The van der Waals surface area contributed by atoms with E-state index in [0.717, 1.165) is 12.8 Å². The van der Waals surface area contributed by atoms with E-state index in [1.165, 1.54) is 35.0 Å². The maximum atomic E-state index is 13.7. The minimum absolute atomic E-state index is 0.0248. The summed E-state index contributed by atoms with van der Waals surface area (Å²) < 4.78 is 20.4. The molecule has 1 aromatic heterocycles. The number of carbonyl (C=O) groups excluding carboxylic acids is 1. The summed E-state index contributed by atoms with van der Waals surface area (Å²) in [6.45, 7) is 6.23. The number of halogens is 1. The van der Waals surface area contributed by atoms with Crippen molar-refractivity contribution in [3.05, 3.63) is 35.9 Å². The molecule has 1 saturated carbocycles. The molecule has 1 aromatic carbocycles. The summed E-state index contributed by atoms with van der Waals surface area (Å²) in [6, 6.07) is 6.32. The van der Waals surface area contributed by atoms with Crippen LogP contribution in [0.1, 0.15) is 45.9 Å². The highest BCUT2D eigenvalue weighted by Crippen LogP contribution is 2.30. The van der Waals surface area contributed by atoms with Crippen molar-refractivity contribution >= 4 is 17.7 Å².